The van der Waals surface area contributed by atoms with Gasteiger partial charge < -0.3 is 0 Å². The lowest BCUT2D eigenvalue weighted by molar-refractivity contribution is -0.114. The minimum Gasteiger partial charge on any atom is -0.281 e. The van der Waals surface area contributed by atoms with E-state index in [1.165, 1.54) is 0 Å². The molecular weight excluding hydrogens is 178 g/mol. The predicted octanol–water partition coefficient (Wildman–Crippen LogP) is 1.13. The minimum absolute atomic E-state index is 0.810. The summed E-state index contributed by atoms with van der Waals surface area (Å²) in [4.78, 5) is 12.5. The fourth-order valence-corrected chi connectivity index (χ4v) is 1.75. The van der Waals surface area contributed by atoms with Crippen LogP contribution in [0, 0.1) is 0 Å². The van der Waals surface area contributed by atoms with Crippen LogP contribution in [0.1, 0.15) is 11.3 Å². The maximum atomic E-state index is 10.9. The van der Waals surface area contributed by atoms with Crippen molar-refractivity contribution in [1.29, 1.82) is 0 Å². The summed E-state index contributed by atoms with van der Waals surface area (Å²) in [6.07, 6.45) is 10.2. The average Bonchev–Trinajstić information content (AvgIpc) is 2.64. The molecule has 1 amide bonds. The van der Waals surface area contributed by atoms with Crippen molar-refractivity contribution >= 4 is 18.2 Å². The number of hydrogen-bond donors (Lipinski definition) is 1. The fraction of sp³-hybridized carbons (Fsp3) is 0. The Morgan fingerprint density at radius 3 is 3.29 bits per heavy atom. The number of amides is 1. The Balaban J connectivity index is 2.30. The van der Waals surface area contributed by atoms with Crippen molar-refractivity contribution < 1.29 is 4.79 Å². The standard InChI is InChI=1S/C10H7N3O/c14-6-13-8-2-1-3-9(13)10-7(4-8)5-11-12-10/h1-6H,(H,11,12). The summed E-state index contributed by atoms with van der Waals surface area (Å²) in [5.41, 5.74) is 3.65. The molecule has 0 saturated heterocycles. The number of rotatable bonds is 1. The Morgan fingerprint density at radius 2 is 2.43 bits per heavy atom. The lowest BCUT2D eigenvalue weighted by Crippen LogP contribution is -2.23. The van der Waals surface area contributed by atoms with Crippen LogP contribution >= 0.6 is 0 Å². The van der Waals surface area contributed by atoms with Gasteiger partial charge in [0, 0.05) is 11.3 Å². The van der Waals surface area contributed by atoms with Crippen LogP contribution in [0.4, 0.5) is 0 Å². The molecule has 2 aliphatic heterocycles. The molecule has 0 aliphatic carbocycles. The zero-order valence-electron chi connectivity index (χ0n) is 7.27. The van der Waals surface area contributed by atoms with Crippen molar-refractivity contribution in [3.63, 3.8) is 0 Å². The fourth-order valence-electron chi connectivity index (χ4n) is 1.75. The molecule has 0 atom stereocenters. The number of aromatic nitrogens is 2. The Kier molecular flexibility index (Phi) is 1.28. The number of aromatic amines is 1. The van der Waals surface area contributed by atoms with E-state index < -0.39 is 0 Å². The summed E-state index contributed by atoms with van der Waals surface area (Å²) in [6, 6.07) is 0. The Labute approximate surface area is 80.2 Å². The quantitative estimate of drug-likeness (QED) is 0.667. The van der Waals surface area contributed by atoms with Gasteiger partial charge in [-0.05, 0) is 18.2 Å². The van der Waals surface area contributed by atoms with Gasteiger partial charge in [0.25, 0.3) is 0 Å². The molecule has 0 fully saturated rings. The molecule has 4 heteroatoms. The second-order valence-electron chi connectivity index (χ2n) is 3.16. The summed E-state index contributed by atoms with van der Waals surface area (Å²) in [5, 5.41) is 6.83. The maximum Gasteiger partial charge on any atom is 0.218 e. The van der Waals surface area contributed by atoms with Gasteiger partial charge in [0.05, 0.1) is 17.6 Å². The molecule has 0 radical (unpaired) electrons. The third kappa shape index (κ3) is 0.771. The zero-order chi connectivity index (χ0) is 9.54. The van der Waals surface area contributed by atoms with E-state index >= 15 is 0 Å². The van der Waals surface area contributed by atoms with Crippen LogP contribution in [0.5, 0.6) is 0 Å². The van der Waals surface area contributed by atoms with Crippen molar-refractivity contribution in [2.24, 2.45) is 0 Å². The van der Waals surface area contributed by atoms with Crippen molar-refractivity contribution in [3.05, 3.63) is 41.4 Å². The average molecular weight is 185 g/mol. The number of nitrogens with zero attached hydrogens (tertiary/aromatic N) is 2. The van der Waals surface area contributed by atoms with Crippen LogP contribution in [0.25, 0.3) is 11.8 Å². The Hall–Kier alpha value is -2.10. The van der Waals surface area contributed by atoms with Crippen molar-refractivity contribution in [2.75, 3.05) is 0 Å². The molecule has 0 saturated carbocycles. The van der Waals surface area contributed by atoms with Crippen molar-refractivity contribution in [3.8, 4) is 0 Å². The van der Waals surface area contributed by atoms with Gasteiger partial charge in [0.15, 0.2) is 0 Å². The van der Waals surface area contributed by atoms with E-state index in [1.807, 2.05) is 24.3 Å². The summed E-state index contributed by atoms with van der Waals surface area (Å²) >= 11 is 0. The van der Waals surface area contributed by atoms with Crippen LogP contribution in [0.2, 0.25) is 0 Å². The third-order valence-corrected chi connectivity index (χ3v) is 2.39. The van der Waals surface area contributed by atoms with Crippen molar-refractivity contribution in [2.45, 2.75) is 0 Å². The molecule has 2 bridgehead atoms. The van der Waals surface area contributed by atoms with Crippen molar-refractivity contribution in [1.82, 2.24) is 15.1 Å². The SMILES string of the molecule is O=CN1C2=Cc3cn[nH]c3C1=CC=C2. The van der Waals surface area contributed by atoms with Crippen LogP contribution in [-0.4, -0.2) is 21.5 Å². The molecule has 1 aromatic heterocycles. The van der Waals surface area contributed by atoms with E-state index in [0.717, 1.165) is 29.1 Å². The smallest absolute Gasteiger partial charge is 0.218 e. The molecule has 68 valence electrons. The third-order valence-electron chi connectivity index (χ3n) is 2.39. The second kappa shape index (κ2) is 2.45. The maximum absolute atomic E-state index is 10.9. The highest BCUT2D eigenvalue weighted by atomic mass is 16.1. The molecule has 14 heavy (non-hydrogen) atoms. The first-order valence-corrected chi connectivity index (χ1v) is 4.28. The molecule has 2 aliphatic rings. The lowest BCUT2D eigenvalue weighted by Gasteiger charge is -2.27. The van der Waals surface area contributed by atoms with Gasteiger partial charge in [0.1, 0.15) is 0 Å². The number of allylic oxidation sites excluding steroid dienone is 3. The van der Waals surface area contributed by atoms with Gasteiger partial charge in [-0.15, -0.1) is 0 Å². The first-order valence-electron chi connectivity index (χ1n) is 4.28. The van der Waals surface area contributed by atoms with E-state index in [-0.39, 0.29) is 0 Å². The molecule has 3 rings (SSSR count). The summed E-state index contributed by atoms with van der Waals surface area (Å²) < 4.78 is 0. The van der Waals surface area contributed by atoms with Gasteiger partial charge in [-0.3, -0.25) is 14.8 Å². The van der Waals surface area contributed by atoms with Gasteiger partial charge in [-0.2, -0.15) is 5.10 Å². The molecule has 4 nitrogen and oxygen atoms in total. The molecular formula is C10H7N3O. The van der Waals surface area contributed by atoms with Gasteiger partial charge >= 0.3 is 0 Å². The number of carbonyl (C=O) groups excluding carboxylic acids is 1. The number of H-pyrrole nitrogens is 1. The monoisotopic (exact) mass is 185 g/mol. The Morgan fingerprint density at radius 1 is 1.50 bits per heavy atom. The zero-order valence-corrected chi connectivity index (χ0v) is 7.27. The minimum atomic E-state index is 0.810. The molecule has 0 aromatic carbocycles. The topological polar surface area (TPSA) is 49.0 Å². The van der Waals surface area contributed by atoms with Gasteiger partial charge in [-0.1, -0.05) is 6.08 Å². The van der Waals surface area contributed by atoms with Crippen LogP contribution < -0.4 is 0 Å². The van der Waals surface area contributed by atoms with E-state index in [1.54, 1.807) is 11.1 Å². The molecule has 1 N–H and O–H groups in total. The van der Waals surface area contributed by atoms with E-state index in [2.05, 4.69) is 10.2 Å². The van der Waals surface area contributed by atoms with E-state index in [9.17, 15) is 4.79 Å². The second-order valence-corrected chi connectivity index (χ2v) is 3.16. The Bertz CT molecular complexity index is 493. The predicted molar refractivity (Wildman–Crippen MR) is 51.6 cm³/mol. The normalized spacial score (nSPS) is 17.3. The lowest BCUT2D eigenvalue weighted by atomic mass is 10.0. The molecule has 0 unspecified atom stereocenters. The highest BCUT2D eigenvalue weighted by Crippen LogP contribution is 2.33. The molecule has 1 aromatic rings. The summed E-state index contributed by atoms with van der Waals surface area (Å²) in [5.74, 6) is 0. The highest BCUT2D eigenvalue weighted by Gasteiger charge is 2.24. The van der Waals surface area contributed by atoms with Gasteiger partial charge in [0.2, 0.25) is 6.41 Å². The van der Waals surface area contributed by atoms with Crippen LogP contribution in [0.3, 0.4) is 0 Å². The van der Waals surface area contributed by atoms with Crippen LogP contribution in [0.15, 0.2) is 30.1 Å². The first kappa shape index (κ1) is 7.32. The number of hydrogen-bond acceptors (Lipinski definition) is 2. The van der Waals surface area contributed by atoms with Gasteiger partial charge in [-0.25, -0.2) is 0 Å². The first-order chi connectivity index (χ1) is 6.90. The highest BCUT2D eigenvalue weighted by molar-refractivity contribution is 5.87. The summed E-state index contributed by atoms with van der Waals surface area (Å²) in [6.45, 7) is 0. The van der Waals surface area contributed by atoms with E-state index in [4.69, 9.17) is 0 Å². The summed E-state index contributed by atoms with van der Waals surface area (Å²) in [7, 11) is 0. The van der Waals surface area contributed by atoms with E-state index in [0.29, 0.717) is 0 Å². The number of nitrogens with one attached hydrogen (secondary N) is 1. The number of carbonyl (C=O) groups is 1. The molecule has 0 spiro atoms. The molecule has 3 heterocycles. The largest absolute Gasteiger partial charge is 0.281 e. The van der Waals surface area contributed by atoms with Crippen LogP contribution in [-0.2, 0) is 4.79 Å². The number of fused-ring (bicyclic) bond motifs is 4.